The molecule has 0 unspecified atom stereocenters. The smallest absolute Gasteiger partial charge is 0.328 e. The average Bonchev–Trinajstić information content (AvgIpc) is 3.19. The van der Waals surface area contributed by atoms with Crippen LogP contribution in [0.1, 0.15) is 46.6 Å². The molecular formula is C41H41N3O7S. The van der Waals surface area contributed by atoms with Crippen LogP contribution in [0.25, 0.3) is 11.1 Å². The first-order valence-electron chi connectivity index (χ1n) is 17.1. The Balaban J connectivity index is 1.11. The number of urea groups is 1. The van der Waals surface area contributed by atoms with E-state index in [0.717, 1.165) is 43.7 Å². The third-order valence-corrected chi connectivity index (χ3v) is 9.94. The Morgan fingerprint density at radius 3 is 2.33 bits per heavy atom. The van der Waals surface area contributed by atoms with Crippen molar-refractivity contribution in [2.75, 3.05) is 12.9 Å². The van der Waals surface area contributed by atoms with E-state index in [1.165, 1.54) is 25.1 Å². The van der Waals surface area contributed by atoms with Crippen LogP contribution < -0.4 is 15.4 Å². The average molecular weight is 720 g/mol. The fraction of sp³-hybridized carbons (Fsp3) is 0.244. The molecule has 4 aromatic carbocycles. The number of aromatic nitrogens is 1. The number of rotatable bonds is 13. The van der Waals surface area contributed by atoms with Gasteiger partial charge in [-0.25, -0.2) is 9.59 Å². The monoisotopic (exact) mass is 719 g/mol. The quantitative estimate of drug-likeness (QED) is 0.0552. The zero-order chi connectivity index (χ0) is 36.3. The van der Waals surface area contributed by atoms with Crippen molar-refractivity contribution in [3.05, 3.63) is 161 Å². The van der Waals surface area contributed by atoms with Crippen molar-refractivity contribution in [2.24, 2.45) is 0 Å². The van der Waals surface area contributed by atoms with Crippen molar-refractivity contribution >= 4 is 23.8 Å². The maximum Gasteiger partial charge on any atom is 0.328 e. The Labute approximate surface area is 307 Å². The molecule has 0 spiro atoms. The van der Waals surface area contributed by atoms with E-state index in [9.17, 15) is 19.9 Å². The van der Waals surface area contributed by atoms with Crippen LogP contribution in [0.5, 0.6) is 0 Å². The lowest BCUT2D eigenvalue weighted by atomic mass is 9.99. The molecule has 268 valence electrons. The number of nitrogens with zero attached hydrogens (tertiary/aromatic N) is 1. The molecule has 0 bridgehead atoms. The number of ether oxygens (including phenoxy) is 3. The van der Waals surface area contributed by atoms with Crippen LogP contribution in [-0.4, -0.2) is 42.1 Å². The highest BCUT2D eigenvalue weighted by Gasteiger charge is 2.33. The number of hydrogen-bond donors (Lipinski definition) is 3. The highest BCUT2D eigenvalue weighted by atomic mass is 32.2. The summed E-state index contributed by atoms with van der Waals surface area (Å²) in [6.45, 7) is 0.229. The van der Waals surface area contributed by atoms with Gasteiger partial charge in [0.1, 0.15) is 6.04 Å². The zero-order valence-electron chi connectivity index (χ0n) is 28.7. The minimum Gasteiger partial charge on any atom is -0.618 e. The van der Waals surface area contributed by atoms with Gasteiger partial charge in [-0.1, -0.05) is 109 Å². The number of benzene rings is 4. The number of carbonyl (C=O) groups excluding carboxylic acids is 2. The van der Waals surface area contributed by atoms with Crippen LogP contribution in [0.15, 0.2) is 133 Å². The Hall–Kier alpha value is -5.20. The summed E-state index contributed by atoms with van der Waals surface area (Å²) >= 11 is 1.45. The van der Waals surface area contributed by atoms with E-state index in [-0.39, 0.29) is 25.4 Å². The number of aliphatic hydroxyl groups excluding tert-OH is 1. The molecule has 11 heteroatoms. The van der Waals surface area contributed by atoms with Crippen LogP contribution >= 0.6 is 11.8 Å². The lowest BCUT2D eigenvalue weighted by molar-refractivity contribution is -0.645. The molecule has 10 nitrogen and oxygen atoms in total. The van der Waals surface area contributed by atoms with Gasteiger partial charge in [0.25, 0.3) is 5.03 Å². The van der Waals surface area contributed by atoms with Gasteiger partial charge in [-0.2, -0.15) is 4.73 Å². The summed E-state index contributed by atoms with van der Waals surface area (Å²) in [7, 11) is 1.30. The Morgan fingerprint density at radius 1 is 0.865 bits per heavy atom. The minimum atomic E-state index is -0.820. The van der Waals surface area contributed by atoms with E-state index in [4.69, 9.17) is 14.2 Å². The van der Waals surface area contributed by atoms with E-state index in [1.54, 1.807) is 12.1 Å². The summed E-state index contributed by atoms with van der Waals surface area (Å²) in [6.07, 6.45) is 1.36. The van der Waals surface area contributed by atoms with Crippen LogP contribution in [0.2, 0.25) is 0 Å². The number of amides is 2. The van der Waals surface area contributed by atoms with E-state index in [2.05, 4.69) is 10.6 Å². The van der Waals surface area contributed by atoms with Crippen LogP contribution in [0.3, 0.4) is 0 Å². The maximum absolute atomic E-state index is 12.8. The lowest BCUT2D eigenvalue weighted by Gasteiger charge is -2.36. The second-order valence-electron chi connectivity index (χ2n) is 12.4. The second kappa shape index (κ2) is 17.8. The number of nitrogens with one attached hydrogen (secondary N) is 2. The first-order valence-corrected chi connectivity index (χ1v) is 18.0. The van der Waals surface area contributed by atoms with Crippen LogP contribution in [0, 0.1) is 5.21 Å². The standard InChI is InChI=1S/C41H41N3O7S/c1-49-39(46)36(23-28-8-3-2-4-9-28)43-41(47)42-25-30-10-7-11-34(22-30)31-17-19-33(20-18-31)40-50-35(27-52-38-12-5-6-21-44(38)48)24-37(51-40)32-15-13-29(26-45)14-16-32/h2-22,35-37,40,45H,23-27H2,1H3,(H2,42,43,47)/t35-,36+,37+,40+/m1/s1. The largest absolute Gasteiger partial charge is 0.618 e. The Kier molecular flexibility index (Phi) is 12.5. The number of esters is 1. The molecule has 0 saturated carbocycles. The van der Waals surface area contributed by atoms with Crippen molar-refractivity contribution in [3.63, 3.8) is 0 Å². The van der Waals surface area contributed by atoms with Crippen molar-refractivity contribution in [2.45, 2.75) is 55.6 Å². The molecule has 5 aromatic rings. The van der Waals surface area contributed by atoms with Gasteiger partial charge in [-0.15, -0.1) is 0 Å². The van der Waals surface area contributed by atoms with Gasteiger partial charge >= 0.3 is 12.0 Å². The topological polar surface area (TPSA) is 133 Å². The van der Waals surface area contributed by atoms with Gasteiger partial charge in [0.15, 0.2) is 12.5 Å². The highest BCUT2D eigenvalue weighted by Crippen LogP contribution is 2.39. The van der Waals surface area contributed by atoms with E-state index < -0.39 is 24.3 Å². The molecule has 3 N–H and O–H groups in total. The van der Waals surface area contributed by atoms with Gasteiger partial charge in [-0.05, 0) is 45.5 Å². The SMILES string of the molecule is COC(=O)[C@H](Cc1ccccc1)NC(=O)NCc1cccc(-c2ccc([C@H]3O[C@@H](CSc4cccc[n+]4[O-])C[C@@H](c4ccc(CO)cc4)O3)cc2)c1. The van der Waals surface area contributed by atoms with Gasteiger partial charge < -0.3 is 35.2 Å². The molecular weight excluding hydrogens is 679 g/mol. The second-order valence-corrected chi connectivity index (χ2v) is 13.5. The fourth-order valence-electron chi connectivity index (χ4n) is 6.00. The number of hydrogen-bond acceptors (Lipinski definition) is 8. The van der Waals surface area contributed by atoms with Crippen LogP contribution in [-0.2, 0) is 38.6 Å². The molecule has 1 aliphatic rings. The minimum absolute atomic E-state index is 0.0309. The molecule has 2 amide bonds. The normalized spacial score (nSPS) is 17.5. The van der Waals surface area contributed by atoms with E-state index in [0.29, 0.717) is 23.6 Å². The molecule has 1 aromatic heterocycles. The summed E-state index contributed by atoms with van der Waals surface area (Å²) in [4.78, 5) is 25.2. The molecule has 4 atom stereocenters. The van der Waals surface area contributed by atoms with Gasteiger partial charge in [0, 0.05) is 42.8 Å². The molecule has 52 heavy (non-hydrogen) atoms. The molecule has 1 fully saturated rings. The molecule has 0 radical (unpaired) electrons. The van der Waals surface area contributed by atoms with Crippen molar-refractivity contribution < 1.29 is 33.6 Å². The van der Waals surface area contributed by atoms with Crippen molar-refractivity contribution in [3.8, 4) is 11.1 Å². The summed E-state index contributed by atoms with van der Waals surface area (Å²) in [6, 6.07) is 37.1. The molecule has 1 saturated heterocycles. The lowest BCUT2D eigenvalue weighted by Crippen LogP contribution is -2.47. The number of thioether (sulfide) groups is 1. The highest BCUT2D eigenvalue weighted by molar-refractivity contribution is 7.99. The van der Waals surface area contributed by atoms with E-state index >= 15 is 0 Å². The predicted octanol–water partition coefficient (Wildman–Crippen LogP) is 6.40. The number of aliphatic hydroxyl groups is 1. The van der Waals surface area contributed by atoms with Gasteiger partial charge in [-0.3, -0.25) is 0 Å². The summed E-state index contributed by atoms with van der Waals surface area (Å²) < 4.78 is 18.7. The number of carbonyl (C=O) groups is 2. The summed E-state index contributed by atoms with van der Waals surface area (Å²) in [5.41, 5.74) is 6.43. The fourth-order valence-corrected chi connectivity index (χ4v) is 6.93. The Morgan fingerprint density at radius 2 is 1.60 bits per heavy atom. The molecule has 0 aliphatic carbocycles. The first kappa shape index (κ1) is 36.6. The summed E-state index contributed by atoms with van der Waals surface area (Å²) in [5.74, 6) is 0.0595. The van der Waals surface area contributed by atoms with Crippen molar-refractivity contribution in [1.82, 2.24) is 10.6 Å². The summed E-state index contributed by atoms with van der Waals surface area (Å²) in [5, 5.41) is 28.0. The van der Waals surface area contributed by atoms with Gasteiger partial charge in [0.2, 0.25) is 0 Å². The predicted molar refractivity (Wildman–Crippen MR) is 198 cm³/mol. The molecule has 6 rings (SSSR count). The van der Waals surface area contributed by atoms with E-state index in [1.807, 2.05) is 109 Å². The molecule has 1 aliphatic heterocycles. The van der Waals surface area contributed by atoms with Gasteiger partial charge in [0.05, 0.1) is 25.9 Å². The first-order chi connectivity index (χ1) is 25.4. The zero-order valence-corrected chi connectivity index (χ0v) is 29.5. The maximum atomic E-state index is 12.8. The third-order valence-electron chi connectivity index (χ3n) is 8.79. The third kappa shape index (κ3) is 9.77. The molecule has 2 heterocycles. The number of methoxy groups -OCH3 is 1. The number of pyridine rings is 1. The van der Waals surface area contributed by atoms with Crippen molar-refractivity contribution in [1.29, 1.82) is 0 Å². The Bertz CT molecular complexity index is 1930. The van der Waals surface area contributed by atoms with Crippen LogP contribution in [0.4, 0.5) is 4.79 Å².